The third kappa shape index (κ3) is 2.70. The van der Waals surface area contributed by atoms with Crippen molar-refractivity contribution in [2.24, 2.45) is 5.73 Å². The van der Waals surface area contributed by atoms with E-state index in [2.05, 4.69) is 0 Å². The summed E-state index contributed by atoms with van der Waals surface area (Å²) in [6.07, 6.45) is -0.201. The number of rotatable bonds is 1. The molecule has 17 heavy (non-hydrogen) atoms. The SMILES string of the molecule is N[C@@H]1CCN(C(=O)O)C[C@H]1c1cccc(Cl)c1. The van der Waals surface area contributed by atoms with E-state index in [-0.39, 0.29) is 12.0 Å². The van der Waals surface area contributed by atoms with Crippen LogP contribution in [0.15, 0.2) is 24.3 Å². The van der Waals surface area contributed by atoms with Crippen LogP contribution < -0.4 is 5.73 Å². The fraction of sp³-hybridized carbons (Fsp3) is 0.417. The molecule has 1 fully saturated rings. The summed E-state index contributed by atoms with van der Waals surface area (Å²) < 4.78 is 0. The molecule has 1 amide bonds. The van der Waals surface area contributed by atoms with Crippen LogP contribution in [0.25, 0.3) is 0 Å². The quantitative estimate of drug-likeness (QED) is 0.807. The molecule has 0 bridgehead atoms. The highest BCUT2D eigenvalue weighted by Crippen LogP contribution is 2.27. The Kier molecular flexibility index (Phi) is 3.54. The fourth-order valence-electron chi connectivity index (χ4n) is 2.23. The summed E-state index contributed by atoms with van der Waals surface area (Å²) in [7, 11) is 0. The number of piperidine rings is 1. The zero-order valence-electron chi connectivity index (χ0n) is 9.34. The molecule has 1 aromatic rings. The van der Waals surface area contributed by atoms with Crippen LogP contribution in [0.5, 0.6) is 0 Å². The third-order valence-electron chi connectivity index (χ3n) is 3.21. The van der Waals surface area contributed by atoms with E-state index < -0.39 is 6.09 Å². The number of carbonyl (C=O) groups is 1. The van der Waals surface area contributed by atoms with Gasteiger partial charge in [-0.15, -0.1) is 0 Å². The summed E-state index contributed by atoms with van der Waals surface area (Å²) in [5, 5.41) is 9.66. The molecule has 1 aromatic carbocycles. The molecule has 1 heterocycles. The molecule has 0 spiro atoms. The van der Waals surface area contributed by atoms with E-state index in [1.165, 1.54) is 4.90 Å². The second-order valence-corrected chi connectivity index (χ2v) is 4.78. The second kappa shape index (κ2) is 4.94. The Morgan fingerprint density at radius 1 is 1.53 bits per heavy atom. The van der Waals surface area contributed by atoms with Gasteiger partial charge in [0.25, 0.3) is 0 Å². The van der Waals surface area contributed by atoms with Gasteiger partial charge in [0.2, 0.25) is 0 Å². The van der Waals surface area contributed by atoms with Crippen LogP contribution in [0.1, 0.15) is 17.9 Å². The first-order valence-electron chi connectivity index (χ1n) is 5.57. The van der Waals surface area contributed by atoms with E-state index in [1.54, 1.807) is 6.07 Å². The minimum Gasteiger partial charge on any atom is -0.465 e. The van der Waals surface area contributed by atoms with Crippen molar-refractivity contribution in [2.75, 3.05) is 13.1 Å². The van der Waals surface area contributed by atoms with Gasteiger partial charge in [0.1, 0.15) is 0 Å². The number of likely N-dealkylation sites (tertiary alicyclic amines) is 1. The lowest BCUT2D eigenvalue weighted by Crippen LogP contribution is -2.47. The highest BCUT2D eigenvalue weighted by Gasteiger charge is 2.30. The number of benzene rings is 1. The third-order valence-corrected chi connectivity index (χ3v) is 3.45. The normalized spacial score (nSPS) is 24.7. The Balaban J connectivity index is 2.20. The molecule has 92 valence electrons. The van der Waals surface area contributed by atoms with Gasteiger partial charge in [0.05, 0.1) is 0 Å². The lowest BCUT2D eigenvalue weighted by atomic mass is 9.87. The minimum absolute atomic E-state index is 0.0101. The van der Waals surface area contributed by atoms with Crippen molar-refractivity contribution in [2.45, 2.75) is 18.4 Å². The highest BCUT2D eigenvalue weighted by molar-refractivity contribution is 6.30. The largest absolute Gasteiger partial charge is 0.465 e. The van der Waals surface area contributed by atoms with E-state index >= 15 is 0 Å². The summed E-state index contributed by atoms with van der Waals surface area (Å²) in [6.45, 7) is 0.949. The van der Waals surface area contributed by atoms with E-state index in [4.69, 9.17) is 22.4 Å². The first-order valence-corrected chi connectivity index (χ1v) is 5.94. The van der Waals surface area contributed by atoms with Crippen LogP contribution in [0.4, 0.5) is 4.79 Å². The topological polar surface area (TPSA) is 66.6 Å². The molecule has 0 radical (unpaired) electrons. The van der Waals surface area contributed by atoms with Gasteiger partial charge in [-0.25, -0.2) is 4.79 Å². The monoisotopic (exact) mass is 254 g/mol. The Bertz CT molecular complexity index is 425. The number of carboxylic acid groups (broad SMARTS) is 1. The van der Waals surface area contributed by atoms with Crippen molar-refractivity contribution in [3.05, 3.63) is 34.9 Å². The summed E-state index contributed by atoms with van der Waals surface area (Å²) in [4.78, 5) is 12.4. The molecule has 4 nitrogen and oxygen atoms in total. The van der Waals surface area contributed by atoms with Crippen LogP contribution in [-0.2, 0) is 0 Å². The lowest BCUT2D eigenvalue weighted by Gasteiger charge is -2.35. The molecule has 2 rings (SSSR count). The Hall–Kier alpha value is -1.26. The van der Waals surface area contributed by atoms with Gasteiger partial charge in [-0.2, -0.15) is 0 Å². The van der Waals surface area contributed by atoms with Crippen LogP contribution in [0.3, 0.4) is 0 Å². The predicted octanol–water partition coefficient (Wildman–Crippen LogP) is 2.13. The Labute approximate surface area is 105 Å². The van der Waals surface area contributed by atoms with Crippen LogP contribution in [0.2, 0.25) is 5.02 Å². The molecule has 0 aromatic heterocycles. The first-order chi connectivity index (χ1) is 8.08. The number of halogens is 1. The molecule has 2 atom stereocenters. The van der Waals surface area contributed by atoms with Crippen molar-refractivity contribution in [3.8, 4) is 0 Å². The second-order valence-electron chi connectivity index (χ2n) is 4.34. The molecule has 1 aliphatic heterocycles. The zero-order chi connectivity index (χ0) is 12.4. The maximum atomic E-state index is 11.0. The van der Waals surface area contributed by atoms with Crippen LogP contribution >= 0.6 is 11.6 Å². The van der Waals surface area contributed by atoms with Crippen LogP contribution in [-0.4, -0.2) is 35.2 Å². The summed E-state index contributed by atoms with van der Waals surface area (Å²) in [6, 6.07) is 7.46. The van der Waals surface area contributed by atoms with E-state index in [0.29, 0.717) is 24.5 Å². The maximum Gasteiger partial charge on any atom is 0.407 e. The molecule has 0 saturated carbocycles. The Morgan fingerprint density at radius 3 is 2.94 bits per heavy atom. The predicted molar refractivity (Wildman–Crippen MR) is 66.4 cm³/mol. The Morgan fingerprint density at radius 2 is 2.29 bits per heavy atom. The van der Waals surface area contributed by atoms with Gasteiger partial charge in [-0.3, -0.25) is 0 Å². The molecule has 3 N–H and O–H groups in total. The molecule has 0 aliphatic carbocycles. The van der Waals surface area contributed by atoms with Crippen LogP contribution in [0, 0.1) is 0 Å². The zero-order valence-corrected chi connectivity index (χ0v) is 10.1. The number of amides is 1. The van der Waals surface area contributed by atoms with E-state index in [0.717, 1.165) is 5.56 Å². The highest BCUT2D eigenvalue weighted by atomic mass is 35.5. The van der Waals surface area contributed by atoms with E-state index in [1.807, 2.05) is 18.2 Å². The molecule has 0 unspecified atom stereocenters. The standard InChI is InChI=1S/C12H15ClN2O2/c13-9-3-1-2-8(6-9)10-7-15(12(16)17)5-4-11(10)14/h1-3,6,10-11H,4-5,7,14H2,(H,16,17)/t10-,11+/m0/s1. The summed E-state index contributed by atoms with van der Waals surface area (Å²) in [5.74, 6) is 0.0264. The molecule has 5 heteroatoms. The van der Waals surface area contributed by atoms with Gasteiger partial charge in [0.15, 0.2) is 0 Å². The fourth-order valence-corrected chi connectivity index (χ4v) is 2.43. The number of hydrogen-bond donors (Lipinski definition) is 2. The van der Waals surface area contributed by atoms with Crippen molar-refractivity contribution >= 4 is 17.7 Å². The van der Waals surface area contributed by atoms with Gasteiger partial charge >= 0.3 is 6.09 Å². The van der Waals surface area contributed by atoms with Crippen molar-refractivity contribution < 1.29 is 9.90 Å². The average molecular weight is 255 g/mol. The first kappa shape index (κ1) is 12.2. The molecule has 1 aliphatic rings. The van der Waals surface area contributed by atoms with E-state index in [9.17, 15) is 4.79 Å². The van der Waals surface area contributed by atoms with Crippen molar-refractivity contribution in [1.29, 1.82) is 0 Å². The lowest BCUT2D eigenvalue weighted by molar-refractivity contribution is 0.126. The van der Waals surface area contributed by atoms with Crippen molar-refractivity contribution in [1.82, 2.24) is 4.90 Å². The summed E-state index contributed by atoms with van der Waals surface area (Å²) in [5.41, 5.74) is 7.07. The minimum atomic E-state index is -0.885. The number of hydrogen-bond acceptors (Lipinski definition) is 2. The molecular weight excluding hydrogens is 240 g/mol. The van der Waals surface area contributed by atoms with Gasteiger partial charge in [-0.1, -0.05) is 23.7 Å². The van der Waals surface area contributed by atoms with Gasteiger partial charge in [0, 0.05) is 30.1 Å². The number of nitrogens with two attached hydrogens (primary N) is 1. The van der Waals surface area contributed by atoms with Gasteiger partial charge < -0.3 is 15.7 Å². The molecular formula is C12H15ClN2O2. The summed E-state index contributed by atoms with van der Waals surface area (Å²) >= 11 is 5.94. The molecule has 1 saturated heterocycles. The maximum absolute atomic E-state index is 11.0. The van der Waals surface area contributed by atoms with Gasteiger partial charge in [-0.05, 0) is 24.1 Å². The smallest absolute Gasteiger partial charge is 0.407 e. The number of nitrogens with zero attached hydrogens (tertiary/aromatic N) is 1. The van der Waals surface area contributed by atoms with Crippen molar-refractivity contribution in [3.63, 3.8) is 0 Å². The average Bonchev–Trinajstić information content (AvgIpc) is 2.29.